The van der Waals surface area contributed by atoms with Crippen molar-refractivity contribution in [3.8, 4) is 0 Å². The fourth-order valence-electron chi connectivity index (χ4n) is 3.47. The quantitative estimate of drug-likeness (QED) is 0.772. The molecule has 8 heteroatoms. The Kier molecular flexibility index (Phi) is 4.70. The van der Waals surface area contributed by atoms with Crippen molar-refractivity contribution < 1.29 is 14.4 Å². The SMILES string of the molecule is Cc1ccccc1NC(=O)CN1NC2N(CCN2c2ccccc2)C(=O)C1=O. The van der Waals surface area contributed by atoms with Crippen LogP contribution in [0.2, 0.25) is 0 Å². The highest BCUT2D eigenvalue weighted by molar-refractivity contribution is 6.35. The van der Waals surface area contributed by atoms with Gasteiger partial charge in [-0.2, -0.15) is 5.43 Å². The van der Waals surface area contributed by atoms with Crippen LogP contribution in [0.3, 0.4) is 0 Å². The number of carbonyl (C=O) groups is 3. The summed E-state index contributed by atoms with van der Waals surface area (Å²) in [7, 11) is 0. The van der Waals surface area contributed by atoms with Crippen molar-refractivity contribution in [2.75, 3.05) is 29.9 Å². The minimum absolute atomic E-state index is 0.258. The molecule has 2 aromatic rings. The molecular weight excluding hydrogens is 358 g/mol. The number of fused-ring (bicyclic) bond motifs is 1. The Hall–Kier alpha value is -3.39. The Bertz CT molecular complexity index is 917. The molecular formula is C20H21N5O3. The van der Waals surface area contributed by atoms with Crippen molar-refractivity contribution in [1.82, 2.24) is 15.3 Å². The number of carbonyl (C=O) groups excluding carboxylic acids is 3. The molecule has 28 heavy (non-hydrogen) atoms. The van der Waals surface area contributed by atoms with Crippen molar-refractivity contribution in [1.29, 1.82) is 0 Å². The summed E-state index contributed by atoms with van der Waals surface area (Å²) in [6.07, 6.45) is -0.501. The largest absolute Gasteiger partial charge is 0.336 e. The third kappa shape index (κ3) is 3.29. The number of hydrogen-bond acceptors (Lipinski definition) is 5. The number of aryl methyl sites for hydroxylation is 1. The fourth-order valence-corrected chi connectivity index (χ4v) is 3.47. The van der Waals surface area contributed by atoms with Gasteiger partial charge in [-0.15, -0.1) is 0 Å². The van der Waals surface area contributed by atoms with E-state index in [1.165, 1.54) is 4.90 Å². The molecule has 1 atom stereocenters. The first-order chi connectivity index (χ1) is 13.5. The predicted octanol–water partition coefficient (Wildman–Crippen LogP) is 0.913. The van der Waals surface area contributed by atoms with Crippen molar-refractivity contribution >= 4 is 29.1 Å². The van der Waals surface area contributed by atoms with E-state index >= 15 is 0 Å². The van der Waals surface area contributed by atoms with Crippen LogP contribution in [0.15, 0.2) is 54.6 Å². The number of hydrogen-bond donors (Lipinski definition) is 2. The Balaban J connectivity index is 1.49. The summed E-state index contributed by atoms with van der Waals surface area (Å²) in [6, 6.07) is 17.0. The molecule has 2 heterocycles. The normalized spacial score (nSPS) is 19.0. The second-order valence-electron chi connectivity index (χ2n) is 6.78. The number of para-hydroxylation sites is 2. The van der Waals surface area contributed by atoms with Crippen molar-refractivity contribution in [2.24, 2.45) is 0 Å². The minimum Gasteiger partial charge on any atom is -0.336 e. The zero-order chi connectivity index (χ0) is 19.7. The molecule has 8 nitrogen and oxygen atoms in total. The molecule has 4 rings (SSSR count). The van der Waals surface area contributed by atoms with E-state index in [1.807, 2.05) is 60.4 Å². The van der Waals surface area contributed by atoms with Gasteiger partial charge >= 0.3 is 11.8 Å². The molecule has 0 radical (unpaired) electrons. The molecule has 0 spiro atoms. The maximum Gasteiger partial charge on any atom is 0.326 e. The molecule has 1 unspecified atom stereocenters. The summed E-state index contributed by atoms with van der Waals surface area (Å²) in [6.45, 7) is 2.67. The molecule has 0 aliphatic carbocycles. The van der Waals surface area contributed by atoms with Gasteiger partial charge in [0.05, 0.1) is 0 Å². The van der Waals surface area contributed by atoms with Gasteiger partial charge in [0, 0.05) is 24.5 Å². The molecule has 2 aliphatic rings. The number of rotatable bonds is 4. The van der Waals surface area contributed by atoms with Gasteiger partial charge in [0.25, 0.3) is 0 Å². The summed E-state index contributed by atoms with van der Waals surface area (Å²) in [5.41, 5.74) is 5.56. The van der Waals surface area contributed by atoms with Gasteiger partial charge in [-0.05, 0) is 30.7 Å². The fraction of sp³-hybridized carbons (Fsp3) is 0.250. The molecule has 144 valence electrons. The number of anilines is 2. The van der Waals surface area contributed by atoms with Crippen LogP contribution in [0.25, 0.3) is 0 Å². The summed E-state index contributed by atoms with van der Waals surface area (Å²) < 4.78 is 0. The third-order valence-corrected chi connectivity index (χ3v) is 4.94. The van der Waals surface area contributed by atoms with Crippen LogP contribution in [0.1, 0.15) is 5.56 Å². The Morgan fingerprint density at radius 2 is 1.68 bits per heavy atom. The third-order valence-electron chi connectivity index (χ3n) is 4.94. The first-order valence-corrected chi connectivity index (χ1v) is 9.10. The minimum atomic E-state index is -0.730. The van der Waals surface area contributed by atoms with Gasteiger partial charge in [-0.3, -0.25) is 24.3 Å². The first kappa shape index (κ1) is 18.0. The van der Waals surface area contributed by atoms with E-state index in [0.717, 1.165) is 16.3 Å². The monoisotopic (exact) mass is 379 g/mol. The number of nitrogens with one attached hydrogen (secondary N) is 2. The van der Waals surface area contributed by atoms with Crippen LogP contribution < -0.4 is 15.6 Å². The second-order valence-corrected chi connectivity index (χ2v) is 6.78. The molecule has 2 fully saturated rings. The van der Waals surface area contributed by atoms with Crippen molar-refractivity contribution in [2.45, 2.75) is 13.2 Å². The number of benzene rings is 2. The van der Waals surface area contributed by atoms with E-state index in [0.29, 0.717) is 18.8 Å². The van der Waals surface area contributed by atoms with E-state index in [-0.39, 0.29) is 12.5 Å². The van der Waals surface area contributed by atoms with Gasteiger partial charge in [0.2, 0.25) is 5.91 Å². The summed E-state index contributed by atoms with van der Waals surface area (Å²) in [5.74, 6) is -1.71. The van der Waals surface area contributed by atoms with Gasteiger partial charge < -0.3 is 10.2 Å². The zero-order valence-electron chi connectivity index (χ0n) is 15.5. The second kappa shape index (κ2) is 7.32. The highest BCUT2D eigenvalue weighted by atomic mass is 16.2. The molecule has 2 aromatic carbocycles. The number of amides is 3. The lowest BCUT2D eigenvalue weighted by Gasteiger charge is -2.40. The molecule has 2 aliphatic heterocycles. The summed E-state index contributed by atoms with van der Waals surface area (Å²) in [4.78, 5) is 40.9. The van der Waals surface area contributed by atoms with Crippen molar-refractivity contribution in [3.63, 3.8) is 0 Å². The lowest BCUT2D eigenvalue weighted by Crippen LogP contribution is -2.68. The summed E-state index contributed by atoms with van der Waals surface area (Å²) in [5, 5.41) is 3.88. The topological polar surface area (TPSA) is 85.0 Å². The van der Waals surface area contributed by atoms with Gasteiger partial charge in [0.1, 0.15) is 6.54 Å². The van der Waals surface area contributed by atoms with Crippen LogP contribution in [-0.4, -0.2) is 53.6 Å². The highest BCUT2D eigenvalue weighted by Crippen LogP contribution is 2.24. The van der Waals surface area contributed by atoms with E-state index in [2.05, 4.69) is 10.7 Å². The Labute approximate surface area is 162 Å². The molecule has 2 N–H and O–H groups in total. The van der Waals surface area contributed by atoms with Crippen LogP contribution in [0.5, 0.6) is 0 Å². The van der Waals surface area contributed by atoms with Crippen LogP contribution in [-0.2, 0) is 14.4 Å². The zero-order valence-corrected chi connectivity index (χ0v) is 15.5. The Morgan fingerprint density at radius 1 is 1.00 bits per heavy atom. The van der Waals surface area contributed by atoms with Crippen LogP contribution >= 0.6 is 0 Å². The van der Waals surface area contributed by atoms with Gasteiger partial charge in [0.15, 0.2) is 6.29 Å². The van der Waals surface area contributed by atoms with Crippen LogP contribution in [0, 0.1) is 6.92 Å². The van der Waals surface area contributed by atoms with E-state index in [1.54, 1.807) is 6.07 Å². The average molecular weight is 379 g/mol. The maximum absolute atomic E-state index is 12.5. The molecule has 0 bridgehead atoms. The van der Waals surface area contributed by atoms with E-state index in [4.69, 9.17) is 0 Å². The van der Waals surface area contributed by atoms with Crippen LogP contribution in [0.4, 0.5) is 11.4 Å². The van der Waals surface area contributed by atoms with Crippen molar-refractivity contribution in [3.05, 3.63) is 60.2 Å². The van der Waals surface area contributed by atoms with Gasteiger partial charge in [-0.1, -0.05) is 36.4 Å². The standard InChI is InChI=1S/C20H21N5O3/c1-14-7-5-6-10-16(14)21-17(26)13-25-19(28)18(27)24-12-11-23(20(24)22-25)15-8-3-2-4-9-15/h2-10,20,22H,11-13H2,1H3,(H,21,26). The molecule has 3 amide bonds. The lowest BCUT2D eigenvalue weighted by molar-refractivity contribution is -0.163. The Morgan fingerprint density at radius 3 is 2.43 bits per heavy atom. The number of hydrazine groups is 1. The lowest BCUT2D eigenvalue weighted by atomic mass is 10.2. The average Bonchev–Trinajstić information content (AvgIpc) is 3.12. The molecule has 0 saturated carbocycles. The molecule has 0 aromatic heterocycles. The van der Waals surface area contributed by atoms with E-state index < -0.39 is 18.1 Å². The smallest absolute Gasteiger partial charge is 0.326 e. The van der Waals surface area contributed by atoms with Gasteiger partial charge in [-0.25, -0.2) is 0 Å². The maximum atomic E-state index is 12.5. The first-order valence-electron chi connectivity index (χ1n) is 9.10. The summed E-state index contributed by atoms with van der Waals surface area (Å²) >= 11 is 0. The molecule has 2 saturated heterocycles. The predicted molar refractivity (Wildman–Crippen MR) is 104 cm³/mol. The van der Waals surface area contributed by atoms with E-state index in [9.17, 15) is 14.4 Å². The number of nitrogens with zero attached hydrogens (tertiary/aromatic N) is 3. The highest BCUT2D eigenvalue weighted by Gasteiger charge is 2.45.